The third-order valence-electron chi connectivity index (χ3n) is 5.02. The van der Waals surface area contributed by atoms with Crippen molar-refractivity contribution in [3.05, 3.63) is 53.5 Å². The summed E-state index contributed by atoms with van der Waals surface area (Å²) in [6.45, 7) is 6.35. The molecule has 7 nitrogen and oxygen atoms in total. The fourth-order valence-electron chi connectivity index (χ4n) is 3.68. The summed E-state index contributed by atoms with van der Waals surface area (Å²) in [5, 5.41) is 0.810. The van der Waals surface area contributed by atoms with Gasteiger partial charge in [0.1, 0.15) is 11.0 Å². The summed E-state index contributed by atoms with van der Waals surface area (Å²) in [4.78, 5) is 13.3. The number of rotatable bonds is 4. The van der Waals surface area contributed by atoms with E-state index in [1.165, 1.54) is 4.31 Å². The van der Waals surface area contributed by atoms with Crippen LogP contribution in [0.25, 0.3) is 10.9 Å². The lowest BCUT2D eigenvalue weighted by Crippen LogP contribution is -2.44. The van der Waals surface area contributed by atoms with Crippen LogP contribution in [0.5, 0.6) is 6.01 Å². The molecule has 1 aliphatic rings. The zero-order valence-electron chi connectivity index (χ0n) is 16.8. The van der Waals surface area contributed by atoms with Gasteiger partial charge < -0.3 is 4.74 Å². The monoisotopic (exact) mass is 412 g/mol. The maximum atomic E-state index is 13.4. The van der Waals surface area contributed by atoms with Gasteiger partial charge >= 0.3 is 6.01 Å². The Morgan fingerprint density at radius 1 is 1.00 bits per heavy atom. The van der Waals surface area contributed by atoms with Crippen molar-refractivity contribution in [2.75, 3.05) is 13.1 Å². The predicted octanol–water partition coefficient (Wildman–Crippen LogP) is 3.18. The van der Waals surface area contributed by atoms with Crippen molar-refractivity contribution in [3.63, 3.8) is 0 Å². The highest BCUT2D eigenvalue weighted by Gasteiger charge is 2.33. The second-order valence-corrected chi connectivity index (χ2v) is 9.37. The molecule has 1 fully saturated rings. The zero-order valence-corrected chi connectivity index (χ0v) is 17.6. The summed E-state index contributed by atoms with van der Waals surface area (Å²) in [7, 11) is -3.70. The standard InChI is InChI=1S/C21H24N4O3S/c1-14-9-10-17-6-4-8-19(20(17)22-14)29(26,27)25-11-5-7-18(13-25)28-21-23-15(2)12-16(3)24-21/h4,6,8-10,12,18H,5,7,11,13H2,1-3H3. The molecule has 0 N–H and O–H groups in total. The maximum absolute atomic E-state index is 13.4. The van der Waals surface area contributed by atoms with Crippen molar-refractivity contribution < 1.29 is 13.2 Å². The van der Waals surface area contributed by atoms with Crippen LogP contribution in [-0.4, -0.2) is 46.9 Å². The van der Waals surface area contributed by atoms with Gasteiger partial charge in [-0.25, -0.2) is 18.4 Å². The fraction of sp³-hybridized carbons (Fsp3) is 0.381. The molecule has 3 heterocycles. The van der Waals surface area contributed by atoms with Crippen LogP contribution < -0.4 is 4.74 Å². The van der Waals surface area contributed by atoms with Crippen LogP contribution in [0.4, 0.5) is 0 Å². The van der Waals surface area contributed by atoms with Crippen LogP contribution in [0.15, 0.2) is 41.3 Å². The van der Waals surface area contributed by atoms with Gasteiger partial charge in [0, 0.05) is 29.0 Å². The highest BCUT2D eigenvalue weighted by Crippen LogP contribution is 2.27. The quantitative estimate of drug-likeness (QED) is 0.654. The van der Waals surface area contributed by atoms with E-state index in [0.29, 0.717) is 24.5 Å². The van der Waals surface area contributed by atoms with E-state index in [0.717, 1.165) is 28.9 Å². The van der Waals surface area contributed by atoms with Crippen LogP contribution in [0, 0.1) is 20.8 Å². The molecule has 0 aliphatic carbocycles. The van der Waals surface area contributed by atoms with Crippen LogP contribution >= 0.6 is 0 Å². The summed E-state index contributed by atoms with van der Waals surface area (Å²) < 4.78 is 34.3. The SMILES string of the molecule is Cc1cc(C)nc(OC2CCCN(S(=O)(=O)c3cccc4ccc(C)nc34)C2)n1. The Balaban J connectivity index is 1.61. The first kappa shape index (κ1) is 19.7. The van der Waals surface area contributed by atoms with Crippen LogP contribution in [0.3, 0.4) is 0 Å². The van der Waals surface area contributed by atoms with Crippen LogP contribution in [0.1, 0.15) is 29.9 Å². The molecule has 29 heavy (non-hydrogen) atoms. The number of pyridine rings is 1. The number of aromatic nitrogens is 3. The lowest BCUT2D eigenvalue weighted by atomic mass is 10.1. The highest BCUT2D eigenvalue weighted by atomic mass is 32.2. The average Bonchev–Trinajstić information content (AvgIpc) is 2.67. The van der Waals surface area contributed by atoms with E-state index >= 15 is 0 Å². The molecule has 0 radical (unpaired) electrons. The maximum Gasteiger partial charge on any atom is 0.317 e. The van der Waals surface area contributed by atoms with Crippen molar-refractivity contribution in [2.24, 2.45) is 0 Å². The molecule has 1 unspecified atom stereocenters. The third-order valence-corrected chi connectivity index (χ3v) is 6.91. The van der Waals surface area contributed by atoms with Crippen molar-refractivity contribution >= 4 is 20.9 Å². The lowest BCUT2D eigenvalue weighted by Gasteiger charge is -2.31. The summed E-state index contributed by atoms with van der Waals surface area (Å²) in [5.74, 6) is 0. The molecule has 152 valence electrons. The Morgan fingerprint density at radius 3 is 2.52 bits per heavy atom. The number of sulfonamides is 1. The topological polar surface area (TPSA) is 85.3 Å². The Morgan fingerprint density at radius 2 is 1.76 bits per heavy atom. The minimum absolute atomic E-state index is 0.238. The fourth-order valence-corrected chi connectivity index (χ4v) is 5.35. The molecule has 1 aliphatic heterocycles. The number of para-hydroxylation sites is 1. The molecule has 0 amide bonds. The first-order chi connectivity index (χ1) is 13.8. The molecule has 0 saturated carbocycles. The molecular formula is C21H24N4O3S. The predicted molar refractivity (Wildman–Crippen MR) is 110 cm³/mol. The van der Waals surface area contributed by atoms with Gasteiger partial charge in [-0.2, -0.15) is 4.31 Å². The first-order valence-corrected chi connectivity index (χ1v) is 11.1. The second kappa shape index (κ2) is 7.68. The van der Waals surface area contributed by atoms with Crippen molar-refractivity contribution in [1.29, 1.82) is 0 Å². The molecule has 1 saturated heterocycles. The van der Waals surface area contributed by atoms with Gasteiger partial charge in [-0.05, 0) is 51.8 Å². The van der Waals surface area contributed by atoms with Gasteiger partial charge in [0.2, 0.25) is 10.0 Å². The van der Waals surface area contributed by atoms with Gasteiger partial charge in [-0.1, -0.05) is 18.2 Å². The molecule has 2 aromatic heterocycles. The number of benzene rings is 1. The molecule has 1 aromatic carbocycles. The lowest BCUT2D eigenvalue weighted by molar-refractivity contribution is 0.119. The summed E-state index contributed by atoms with van der Waals surface area (Å²) in [6.07, 6.45) is 1.19. The third kappa shape index (κ3) is 4.09. The van der Waals surface area contributed by atoms with E-state index in [-0.39, 0.29) is 17.5 Å². The minimum Gasteiger partial charge on any atom is -0.459 e. The molecular weight excluding hydrogens is 388 g/mol. The molecule has 8 heteroatoms. The number of nitrogens with zero attached hydrogens (tertiary/aromatic N) is 4. The van der Waals surface area contributed by atoms with Gasteiger partial charge in [-0.15, -0.1) is 0 Å². The second-order valence-electron chi connectivity index (χ2n) is 7.46. The minimum atomic E-state index is -3.70. The van der Waals surface area contributed by atoms with E-state index in [1.807, 2.05) is 45.0 Å². The van der Waals surface area contributed by atoms with Crippen molar-refractivity contribution in [1.82, 2.24) is 19.3 Å². The van der Waals surface area contributed by atoms with Gasteiger partial charge in [-0.3, -0.25) is 4.98 Å². The summed E-state index contributed by atoms with van der Waals surface area (Å²) >= 11 is 0. The molecule has 4 rings (SSSR count). The number of aryl methyl sites for hydroxylation is 3. The number of hydrogen-bond acceptors (Lipinski definition) is 6. The van der Waals surface area contributed by atoms with E-state index in [4.69, 9.17) is 4.74 Å². The van der Waals surface area contributed by atoms with Crippen LogP contribution in [-0.2, 0) is 10.0 Å². The van der Waals surface area contributed by atoms with E-state index < -0.39 is 10.0 Å². The zero-order chi connectivity index (χ0) is 20.6. The van der Waals surface area contributed by atoms with Gasteiger partial charge in [0.15, 0.2) is 0 Å². The largest absolute Gasteiger partial charge is 0.459 e. The molecule has 0 spiro atoms. The Hall–Kier alpha value is -2.58. The Labute approximate surface area is 170 Å². The van der Waals surface area contributed by atoms with Gasteiger partial charge in [0.05, 0.1) is 12.1 Å². The summed E-state index contributed by atoms with van der Waals surface area (Å²) in [5.41, 5.74) is 2.94. The van der Waals surface area contributed by atoms with Crippen molar-refractivity contribution in [2.45, 2.75) is 44.6 Å². The van der Waals surface area contributed by atoms with Crippen LogP contribution in [0.2, 0.25) is 0 Å². The highest BCUT2D eigenvalue weighted by molar-refractivity contribution is 7.89. The normalized spacial score (nSPS) is 18.1. The Kier molecular flexibility index (Phi) is 5.23. The molecule has 3 aromatic rings. The Bertz CT molecular complexity index is 1140. The number of ether oxygens (including phenoxy) is 1. The summed E-state index contributed by atoms with van der Waals surface area (Å²) in [6, 6.07) is 11.2. The molecule has 1 atom stereocenters. The number of piperidine rings is 1. The smallest absolute Gasteiger partial charge is 0.317 e. The van der Waals surface area contributed by atoms with E-state index in [1.54, 1.807) is 12.1 Å². The molecule has 0 bridgehead atoms. The number of fused-ring (bicyclic) bond motifs is 1. The number of hydrogen-bond donors (Lipinski definition) is 0. The van der Waals surface area contributed by atoms with E-state index in [9.17, 15) is 8.42 Å². The van der Waals surface area contributed by atoms with Gasteiger partial charge in [0.25, 0.3) is 0 Å². The van der Waals surface area contributed by atoms with Crippen molar-refractivity contribution in [3.8, 4) is 6.01 Å². The average molecular weight is 413 g/mol. The van der Waals surface area contributed by atoms with E-state index in [2.05, 4.69) is 15.0 Å². The first-order valence-electron chi connectivity index (χ1n) is 9.68.